The summed E-state index contributed by atoms with van der Waals surface area (Å²) >= 11 is 0. The second kappa shape index (κ2) is 7.42. The summed E-state index contributed by atoms with van der Waals surface area (Å²) in [6.45, 7) is 13.7. The molecule has 0 bridgehead atoms. The van der Waals surface area contributed by atoms with Gasteiger partial charge >= 0.3 is 17.9 Å². The molecule has 7 atom stereocenters. The van der Waals surface area contributed by atoms with E-state index >= 15 is 0 Å². The molecule has 3 rings (SSSR count). The van der Waals surface area contributed by atoms with Crippen molar-refractivity contribution in [1.82, 2.24) is 0 Å². The first-order valence-electron chi connectivity index (χ1n) is 9.45. The van der Waals surface area contributed by atoms with Crippen LogP contribution in [0, 0.1) is 17.8 Å². The summed E-state index contributed by atoms with van der Waals surface area (Å²) < 4.78 is 16.1. The minimum absolute atomic E-state index is 0.124. The highest BCUT2D eigenvalue weighted by atomic mass is 16.6. The van der Waals surface area contributed by atoms with Crippen LogP contribution >= 0.6 is 0 Å². The Hall–Kier alpha value is -2.45. The lowest BCUT2D eigenvalue weighted by molar-refractivity contribution is -0.177. The van der Waals surface area contributed by atoms with E-state index in [1.807, 2.05) is 0 Å². The average Bonchev–Trinajstić information content (AvgIpc) is 3.02. The lowest BCUT2D eigenvalue weighted by atomic mass is 9.76. The van der Waals surface area contributed by atoms with Gasteiger partial charge in [-0.1, -0.05) is 25.3 Å². The third-order valence-electron chi connectivity index (χ3n) is 6.18. The summed E-state index contributed by atoms with van der Waals surface area (Å²) in [6, 6.07) is 0. The van der Waals surface area contributed by atoms with Gasteiger partial charge in [0.25, 0.3) is 0 Å². The number of fused-ring (bicyclic) bond motifs is 3. The summed E-state index contributed by atoms with van der Waals surface area (Å²) in [5, 5.41) is 21.9. The first kappa shape index (κ1) is 21.3. The fraction of sp³-hybridized carbons (Fsp3) is 0.571. The second-order valence-corrected chi connectivity index (χ2v) is 8.16. The third kappa shape index (κ3) is 3.51. The zero-order valence-corrected chi connectivity index (χ0v) is 16.6. The Morgan fingerprint density at radius 3 is 2.55 bits per heavy atom. The Kier molecular flexibility index (Phi) is 5.44. The molecule has 2 N–H and O–H groups in total. The largest absolute Gasteiger partial charge is 0.463 e. The highest BCUT2D eigenvalue weighted by Crippen LogP contribution is 2.54. The van der Waals surface area contributed by atoms with Crippen molar-refractivity contribution < 1.29 is 38.8 Å². The minimum atomic E-state index is -1.85. The van der Waals surface area contributed by atoms with Gasteiger partial charge in [-0.3, -0.25) is 4.79 Å². The van der Waals surface area contributed by atoms with Gasteiger partial charge in [0.2, 0.25) is 0 Å². The van der Waals surface area contributed by atoms with Crippen molar-refractivity contribution in [1.29, 1.82) is 0 Å². The molecule has 2 aliphatic carbocycles. The molecule has 0 amide bonds. The fourth-order valence-corrected chi connectivity index (χ4v) is 4.73. The van der Waals surface area contributed by atoms with Crippen LogP contribution in [0.15, 0.2) is 36.5 Å². The molecule has 8 heteroatoms. The van der Waals surface area contributed by atoms with Crippen LogP contribution in [0.3, 0.4) is 0 Å². The highest BCUT2D eigenvalue weighted by molar-refractivity contribution is 5.91. The van der Waals surface area contributed by atoms with E-state index in [-0.39, 0.29) is 24.0 Å². The predicted octanol–water partition coefficient (Wildman–Crippen LogP) is 0.823. The van der Waals surface area contributed by atoms with Gasteiger partial charge in [-0.2, -0.15) is 0 Å². The average molecular weight is 406 g/mol. The number of hydrogen-bond donors (Lipinski definition) is 2. The van der Waals surface area contributed by atoms with Crippen LogP contribution in [0.5, 0.6) is 0 Å². The summed E-state index contributed by atoms with van der Waals surface area (Å²) in [6.07, 6.45) is -2.55. The SMILES string of the molecule is C=C(C)C(=O)OC1CC(=C)C2CC(O)C(O)(COC(C)=O)C2C2OC(=O)C(=C)C12. The Labute approximate surface area is 168 Å². The van der Waals surface area contributed by atoms with Crippen LogP contribution in [-0.4, -0.2) is 58.6 Å². The monoisotopic (exact) mass is 406 g/mol. The van der Waals surface area contributed by atoms with Gasteiger partial charge in [-0.25, -0.2) is 9.59 Å². The molecule has 2 saturated carbocycles. The van der Waals surface area contributed by atoms with E-state index in [1.54, 1.807) is 0 Å². The van der Waals surface area contributed by atoms with Crippen LogP contribution in [0.4, 0.5) is 0 Å². The van der Waals surface area contributed by atoms with E-state index in [2.05, 4.69) is 19.7 Å². The van der Waals surface area contributed by atoms with E-state index < -0.39 is 66.2 Å². The quantitative estimate of drug-likeness (QED) is 0.305. The molecule has 1 aliphatic heterocycles. The third-order valence-corrected chi connectivity index (χ3v) is 6.18. The molecule has 7 unspecified atom stereocenters. The lowest BCUT2D eigenvalue weighted by Gasteiger charge is -2.37. The molecular formula is C21H26O8. The first-order chi connectivity index (χ1) is 13.5. The molecule has 0 spiro atoms. The van der Waals surface area contributed by atoms with Crippen molar-refractivity contribution in [2.75, 3.05) is 6.61 Å². The summed E-state index contributed by atoms with van der Waals surface area (Å²) in [4.78, 5) is 35.8. The second-order valence-electron chi connectivity index (χ2n) is 8.16. The van der Waals surface area contributed by atoms with Gasteiger partial charge in [0.05, 0.1) is 12.0 Å². The van der Waals surface area contributed by atoms with E-state index in [0.717, 1.165) is 0 Å². The van der Waals surface area contributed by atoms with Gasteiger partial charge in [0, 0.05) is 30.4 Å². The van der Waals surface area contributed by atoms with Gasteiger partial charge < -0.3 is 24.4 Å². The standard InChI is InChI=1S/C21H26O8/c1-9(2)19(24)28-14-6-10(3)13-7-15(23)21(26,8-27-12(5)22)17(13)18-16(14)11(4)20(25)29-18/h13-18,23,26H,1,3-4,6-8H2,2,5H3. The number of ether oxygens (including phenoxy) is 3. The Morgan fingerprint density at radius 2 is 1.97 bits per heavy atom. The molecule has 0 aromatic carbocycles. The Balaban J connectivity index is 2.02. The lowest BCUT2D eigenvalue weighted by Crippen LogP contribution is -2.54. The van der Waals surface area contributed by atoms with Gasteiger partial charge in [0.1, 0.15) is 24.4 Å². The van der Waals surface area contributed by atoms with E-state index in [1.165, 1.54) is 13.8 Å². The number of hydrogen-bond acceptors (Lipinski definition) is 8. The van der Waals surface area contributed by atoms with Crippen LogP contribution < -0.4 is 0 Å². The topological polar surface area (TPSA) is 119 Å². The predicted molar refractivity (Wildman–Crippen MR) is 100 cm³/mol. The number of esters is 3. The molecule has 8 nitrogen and oxygen atoms in total. The number of carbonyl (C=O) groups is 3. The molecule has 0 radical (unpaired) electrons. The van der Waals surface area contributed by atoms with Crippen molar-refractivity contribution >= 4 is 17.9 Å². The molecule has 158 valence electrons. The summed E-state index contributed by atoms with van der Waals surface area (Å²) in [5.74, 6) is -3.84. The zero-order valence-electron chi connectivity index (χ0n) is 16.6. The zero-order chi connectivity index (χ0) is 21.7. The van der Waals surface area contributed by atoms with Crippen LogP contribution in [0.1, 0.15) is 26.7 Å². The maximum absolute atomic E-state index is 12.3. The number of rotatable bonds is 4. The molecule has 1 saturated heterocycles. The summed E-state index contributed by atoms with van der Waals surface area (Å²) in [5.41, 5.74) is -0.876. The van der Waals surface area contributed by atoms with Gasteiger partial charge in [-0.15, -0.1) is 0 Å². The van der Waals surface area contributed by atoms with E-state index in [9.17, 15) is 24.6 Å². The van der Waals surface area contributed by atoms with E-state index in [4.69, 9.17) is 14.2 Å². The van der Waals surface area contributed by atoms with Gasteiger partial charge in [0.15, 0.2) is 0 Å². The Bertz CT molecular complexity index is 799. The molecule has 0 aromatic heterocycles. The molecular weight excluding hydrogens is 380 g/mol. The summed E-state index contributed by atoms with van der Waals surface area (Å²) in [7, 11) is 0. The minimum Gasteiger partial charge on any atom is -0.463 e. The first-order valence-corrected chi connectivity index (χ1v) is 9.45. The van der Waals surface area contributed by atoms with Crippen molar-refractivity contribution in [2.24, 2.45) is 17.8 Å². The molecule has 3 aliphatic rings. The van der Waals surface area contributed by atoms with Crippen LogP contribution in [0.2, 0.25) is 0 Å². The maximum Gasteiger partial charge on any atom is 0.334 e. The molecule has 1 heterocycles. The van der Waals surface area contributed by atoms with Crippen molar-refractivity contribution in [3.63, 3.8) is 0 Å². The smallest absolute Gasteiger partial charge is 0.334 e. The molecule has 3 fully saturated rings. The van der Waals surface area contributed by atoms with Crippen molar-refractivity contribution in [3.05, 3.63) is 36.5 Å². The van der Waals surface area contributed by atoms with Crippen LogP contribution in [-0.2, 0) is 28.6 Å². The van der Waals surface area contributed by atoms with Crippen molar-refractivity contribution in [3.8, 4) is 0 Å². The van der Waals surface area contributed by atoms with E-state index in [0.29, 0.717) is 5.57 Å². The Morgan fingerprint density at radius 1 is 1.31 bits per heavy atom. The number of aliphatic hydroxyl groups is 2. The number of aliphatic hydroxyl groups excluding tert-OH is 1. The normalized spacial score (nSPS) is 38.6. The van der Waals surface area contributed by atoms with Gasteiger partial charge in [-0.05, 0) is 19.3 Å². The fourth-order valence-electron chi connectivity index (χ4n) is 4.73. The van der Waals surface area contributed by atoms with Crippen molar-refractivity contribution in [2.45, 2.75) is 50.6 Å². The number of carbonyl (C=O) groups excluding carboxylic acids is 3. The maximum atomic E-state index is 12.3. The highest BCUT2D eigenvalue weighted by Gasteiger charge is 2.65. The molecule has 0 aromatic rings. The molecule has 29 heavy (non-hydrogen) atoms. The van der Waals surface area contributed by atoms with Crippen LogP contribution in [0.25, 0.3) is 0 Å².